The molecular weight excluding hydrogens is 270 g/mol. The van der Waals surface area contributed by atoms with Crippen LogP contribution >= 0.6 is 11.6 Å². The first kappa shape index (κ1) is 14.9. The molecule has 2 aromatic carbocycles. The van der Waals surface area contributed by atoms with E-state index in [0.29, 0.717) is 6.54 Å². The van der Waals surface area contributed by atoms with Gasteiger partial charge in [-0.2, -0.15) is 0 Å². The molecule has 0 aliphatic heterocycles. The van der Waals surface area contributed by atoms with Crippen LogP contribution in [0.4, 0.5) is 0 Å². The fraction of sp³-hybridized carbons (Fsp3) is 0.294. The van der Waals surface area contributed by atoms with Crippen LogP contribution < -0.4 is 10.1 Å². The maximum Gasteiger partial charge on any atom is 0.124 e. The van der Waals surface area contributed by atoms with E-state index < -0.39 is 0 Å². The quantitative estimate of drug-likeness (QED) is 0.874. The van der Waals surface area contributed by atoms with Crippen molar-refractivity contribution in [3.63, 3.8) is 0 Å². The molecule has 0 fully saturated rings. The third-order valence-electron chi connectivity index (χ3n) is 3.46. The van der Waals surface area contributed by atoms with Crippen LogP contribution in [0.2, 0.25) is 5.02 Å². The molecule has 1 N–H and O–H groups in total. The molecule has 0 aliphatic carbocycles. The monoisotopic (exact) mass is 289 g/mol. The Kier molecular flexibility index (Phi) is 5.05. The van der Waals surface area contributed by atoms with Crippen LogP contribution in [-0.2, 0) is 6.54 Å². The topological polar surface area (TPSA) is 21.3 Å². The van der Waals surface area contributed by atoms with Crippen LogP contribution in [0.15, 0.2) is 42.5 Å². The number of hydrogen-bond donors (Lipinski definition) is 1. The zero-order valence-corrected chi connectivity index (χ0v) is 12.9. The molecule has 0 heterocycles. The molecule has 0 bridgehead atoms. The lowest BCUT2D eigenvalue weighted by Crippen LogP contribution is -2.18. The number of nitrogens with one attached hydrogen (secondary N) is 1. The molecule has 106 valence electrons. The summed E-state index contributed by atoms with van der Waals surface area (Å²) in [4.78, 5) is 0. The lowest BCUT2D eigenvalue weighted by molar-refractivity contribution is 0.406. The fourth-order valence-electron chi connectivity index (χ4n) is 2.13. The van der Waals surface area contributed by atoms with Crippen molar-refractivity contribution in [1.29, 1.82) is 0 Å². The predicted molar refractivity (Wildman–Crippen MR) is 84.4 cm³/mol. The number of aryl methyl sites for hydroxylation is 1. The van der Waals surface area contributed by atoms with E-state index >= 15 is 0 Å². The number of benzene rings is 2. The van der Waals surface area contributed by atoms with Gasteiger partial charge in [0.05, 0.1) is 7.11 Å². The van der Waals surface area contributed by atoms with E-state index in [9.17, 15) is 0 Å². The second-order valence-electron chi connectivity index (χ2n) is 4.93. The number of halogens is 1. The Hall–Kier alpha value is -1.51. The number of rotatable bonds is 5. The minimum absolute atomic E-state index is 0.261. The van der Waals surface area contributed by atoms with Crippen LogP contribution in [0.5, 0.6) is 5.75 Å². The Bertz CT molecular complexity index is 566. The first-order valence-corrected chi connectivity index (χ1v) is 7.11. The summed E-state index contributed by atoms with van der Waals surface area (Å²) in [6, 6.07) is 14.5. The van der Waals surface area contributed by atoms with Crippen LogP contribution in [0.1, 0.15) is 29.7 Å². The van der Waals surface area contributed by atoms with Gasteiger partial charge < -0.3 is 10.1 Å². The molecule has 2 nitrogen and oxygen atoms in total. The van der Waals surface area contributed by atoms with Crippen molar-refractivity contribution in [3.8, 4) is 5.75 Å². The van der Waals surface area contributed by atoms with Crippen molar-refractivity contribution >= 4 is 11.6 Å². The Morgan fingerprint density at radius 2 is 1.85 bits per heavy atom. The molecule has 1 atom stereocenters. The number of methoxy groups -OCH3 is 1. The van der Waals surface area contributed by atoms with Crippen molar-refractivity contribution in [2.45, 2.75) is 26.4 Å². The average molecular weight is 290 g/mol. The van der Waals surface area contributed by atoms with Gasteiger partial charge in [-0.3, -0.25) is 0 Å². The maximum atomic E-state index is 6.24. The summed E-state index contributed by atoms with van der Waals surface area (Å²) in [7, 11) is 1.67. The molecule has 0 aromatic heterocycles. The zero-order chi connectivity index (χ0) is 14.5. The summed E-state index contributed by atoms with van der Waals surface area (Å²) >= 11 is 6.24. The molecule has 0 amide bonds. The third kappa shape index (κ3) is 3.53. The first-order chi connectivity index (χ1) is 9.61. The van der Waals surface area contributed by atoms with Gasteiger partial charge in [-0.15, -0.1) is 0 Å². The number of ether oxygens (including phenoxy) is 1. The molecule has 0 saturated heterocycles. The van der Waals surface area contributed by atoms with Gasteiger partial charge in [-0.1, -0.05) is 47.5 Å². The summed E-state index contributed by atoms with van der Waals surface area (Å²) in [5.74, 6) is 0.820. The molecule has 0 saturated carbocycles. The van der Waals surface area contributed by atoms with Crippen molar-refractivity contribution in [2.24, 2.45) is 0 Å². The SMILES string of the molecule is COc1cccc(Cl)c1CNC(C)c1ccc(C)cc1. The Morgan fingerprint density at radius 3 is 2.50 bits per heavy atom. The summed E-state index contributed by atoms with van der Waals surface area (Å²) in [6.45, 7) is 4.92. The molecule has 0 radical (unpaired) electrons. The van der Waals surface area contributed by atoms with E-state index in [0.717, 1.165) is 16.3 Å². The summed E-state index contributed by atoms with van der Waals surface area (Å²) < 4.78 is 5.36. The van der Waals surface area contributed by atoms with Gasteiger partial charge in [0.1, 0.15) is 5.75 Å². The van der Waals surface area contributed by atoms with Gasteiger partial charge in [0.25, 0.3) is 0 Å². The Balaban J connectivity index is 2.07. The largest absolute Gasteiger partial charge is 0.496 e. The van der Waals surface area contributed by atoms with Crippen molar-refractivity contribution in [3.05, 3.63) is 64.2 Å². The van der Waals surface area contributed by atoms with Crippen LogP contribution in [0.3, 0.4) is 0 Å². The first-order valence-electron chi connectivity index (χ1n) is 6.73. The second-order valence-corrected chi connectivity index (χ2v) is 5.34. The maximum absolute atomic E-state index is 6.24. The normalized spacial score (nSPS) is 12.2. The molecule has 0 spiro atoms. The molecule has 1 unspecified atom stereocenters. The fourth-order valence-corrected chi connectivity index (χ4v) is 2.36. The molecule has 20 heavy (non-hydrogen) atoms. The lowest BCUT2D eigenvalue weighted by atomic mass is 10.1. The van der Waals surface area contributed by atoms with Gasteiger partial charge in [-0.05, 0) is 31.5 Å². The minimum atomic E-state index is 0.261. The molecule has 0 aliphatic rings. The minimum Gasteiger partial charge on any atom is -0.496 e. The zero-order valence-electron chi connectivity index (χ0n) is 12.1. The van der Waals surface area contributed by atoms with Gasteiger partial charge in [-0.25, -0.2) is 0 Å². The van der Waals surface area contributed by atoms with Crippen molar-refractivity contribution in [2.75, 3.05) is 7.11 Å². The lowest BCUT2D eigenvalue weighted by Gasteiger charge is -2.17. The molecule has 2 aromatic rings. The van der Waals surface area contributed by atoms with Crippen LogP contribution in [0.25, 0.3) is 0 Å². The van der Waals surface area contributed by atoms with E-state index in [-0.39, 0.29) is 6.04 Å². The highest BCUT2D eigenvalue weighted by Gasteiger charge is 2.10. The van der Waals surface area contributed by atoms with E-state index in [4.69, 9.17) is 16.3 Å². The molecule has 3 heteroatoms. The highest BCUT2D eigenvalue weighted by Crippen LogP contribution is 2.26. The summed E-state index contributed by atoms with van der Waals surface area (Å²) in [6.07, 6.45) is 0. The van der Waals surface area contributed by atoms with Gasteiger partial charge in [0, 0.05) is 23.2 Å². The standard InChI is InChI=1S/C17H20ClNO/c1-12-7-9-14(10-8-12)13(2)19-11-15-16(18)5-4-6-17(15)20-3/h4-10,13,19H,11H2,1-3H3. The highest BCUT2D eigenvalue weighted by atomic mass is 35.5. The second kappa shape index (κ2) is 6.78. The summed E-state index contributed by atoms with van der Waals surface area (Å²) in [5, 5.41) is 4.22. The van der Waals surface area contributed by atoms with E-state index in [1.165, 1.54) is 11.1 Å². The van der Waals surface area contributed by atoms with Crippen LogP contribution in [-0.4, -0.2) is 7.11 Å². The third-order valence-corrected chi connectivity index (χ3v) is 3.81. The van der Waals surface area contributed by atoms with E-state index in [1.807, 2.05) is 18.2 Å². The smallest absolute Gasteiger partial charge is 0.124 e. The predicted octanol–water partition coefficient (Wildman–Crippen LogP) is 4.51. The Morgan fingerprint density at radius 1 is 1.15 bits per heavy atom. The van der Waals surface area contributed by atoms with Crippen molar-refractivity contribution < 1.29 is 4.74 Å². The van der Waals surface area contributed by atoms with E-state index in [2.05, 4.69) is 43.4 Å². The van der Waals surface area contributed by atoms with Crippen molar-refractivity contribution in [1.82, 2.24) is 5.32 Å². The number of hydrogen-bond acceptors (Lipinski definition) is 2. The van der Waals surface area contributed by atoms with Crippen LogP contribution in [0, 0.1) is 6.92 Å². The van der Waals surface area contributed by atoms with Gasteiger partial charge in [0.2, 0.25) is 0 Å². The molecule has 2 rings (SSSR count). The average Bonchev–Trinajstić information content (AvgIpc) is 2.46. The highest BCUT2D eigenvalue weighted by molar-refractivity contribution is 6.31. The van der Waals surface area contributed by atoms with Gasteiger partial charge >= 0.3 is 0 Å². The van der Waals surface area contributed by atoms with Gasteiger partial charge in [0.15, 0.2) is 0 Å². The molecular formula is C17H20ClNO. The van der Waals surface area contributed by atoms with E-state index in [1.54, 1.807) is 7.11 Å². The Labute approximate surface area is 125 Å². The summed E-state index contributed by atoms with van der Waals surface area (Å²) in [5.41, 5.74) is 3.53.